The zero-order valence-corrected chi connectivity index (χ0v) is 6.30. The molecule has 0 heterocycles. The molecule has 1 aliphatic carbocycles. The van der Waals surface area contributed by atoms with Crippen molar-refractivity contribution in [2.24, 2.45) is 0 Å². The Morgan fingerprint density at radius 2 is 2.45 bits per heavy atom. The molecule has 1 aliphatic rings. The van der Waals surface area contributed by atoms with Gasteiger partial charge in [-0.25, -0.2) is 0 Å². The Bertz CT molecular complexity index is 220. The lowest BCUT2D eigenvalue weighted by Crippen LogP contribution is -2.05. The molecule has 0 aliphatic heterocycles. The van der Waals surface area contributed by atoms with E-state index in [1.165, 1.54) is 0 Å². The Hall–Kier alpha value is -1.23. The van der Waals surface area contributed by atoms with E-state index in [4.69, 9.17) is 11.2 Å². The third kappa shape index (κ3) is 2.46. The van der Waals surface area contributed by atoms with Crippen molar-refractivity contribution < 1.29 is 9.53 Å². The van der Waals surface area contributed by atoms with Gasteiger partial charge in [0, 0.05) is 18.9 Å². The first kappa shape index (κ1) is 7.87. The molecule has 2 heteroatoms. The van der Waals surface area contributed by atoms with Crippen molar-refractivity contribution in [3.8, 4) is 12.3 Å². The van der Waals surface area contributed by atoms with Crippen LogP contribution in [0.1, 0.15) is 19.3 Å². The lowest BCUT2D eigenvalue weighted by molar-refractivity contribution is -0.115. The monoisotopic (exact) mass is 150 g/mol. The van der Waals surface area contributed by atoms with Gasteiger partial charge in [-0.3, -0.25) is 4.79 Å². The number of hydrogen-bond donors (Lipinski definition) is 0. The molecule has 11 heavy (non-hydrogen) atoms. The number of ketones is 1. The van der Waals surface area contributed by atoms with Crippen molar-refractivity contribution in [2.75, 3.05) is 6.61 Å². The number of allylic oxidation sites excluding steroid dienone is 2. The Labute approximate surface area is 66.2 Å². The van der Waals surface area contributed by atoms with Crippen LogP contribution in [0.5, 0.6) is 0 Å². The molecule has 0 bridgehead atoms. The third-order valence-electron chi connectivity index (χ3n) is 1.51. The number of rotatable bonds is 2. The molecule has 0 aromatic rings. The van der Waals surface area contributed by atoms with Crippen LogP contribution in [0.4, 0.5) is 0 Å². The highest BCUT2D eigenvalue weighted by atomic mass is 16.5. The molecule has 0 fully saturated rings. The minimum absolute atomic E-state index is 0.142. The second-order valence-electron chi connectivity index (χ2n) is 2.42. The summed E-state index contributed by atoms with van der Waals surface area (Å²) in [7, 11) is 0. The number of hydrogen-bond acceptors (Lipinski definition) is 2. The predicted molar refractivity (Wildman–Crippen MR) is 41.7 cm³/mol. The maximum atomic E-state index is 10.8. The standard InChI is InChI=1S/C9H10O2/c1-2-6-11-9-5-3-4-8(10)7-9/h1,7H,3-6H2. The van der Waals surface area contributed by atoms with E-state index in [2.05, 4.69) is 5.92 Å². The average molecular weight is 150 g/mol. The van der Waals surface area contributed by atoms with Gasteiger partial charge in [0.15, 0.2) is 5.78 Å². The van der Waals surface area contributed by atoms with E-state index >= 15 is 0 Å². The van der Waals surface area contributed by atoms with Gasteiger partial charge in [0.05, 0.1) is 0 Å². The minimum atomic E-state index is 0.142. The lowest BCUT2D eigenvalue weighted by atomic mass is 10.1. The van der Waals surface area contributed by atoms with Crippen LogP contribution < -0.4 is 0 Å². The Morgan fingerprint density at radius 3 is 3.09 bits per heavy atom. The van der Waals surface area contributed by atoms with Crippen LogP contribution in [-0.2, 0) is 9.53 Å². The van der Waals surface area contributed by atoms with Gasteiger partial charge < -0.3 is 4.74 Å². The number of carbonyl (C=O) groups is 1. The van der Waals surface area contributed by atoms with Gasteiger partial charge in [0.1, 0.15) is 12.4 Å². The van der Waals surface area contributed by atoms with E-state index in [0.29, 0.717) is 6.42 Å². The summed E-state index contributed by atoms with van der Waals surface area (Å²) in [6, 6.07) is 0. The van der Waals surface area contributed by atoms with Gasteiger partial charge in [-0.2, -0.15) is 0 Å². The van der Waals surface area contributed by atoms with E-state index < -0.39 is 0 Å². The summed E-state index contributed by atoms with van der Waals surface area (Å²) >= 11 is 0. The first-order chi connectivity index (χ1) is 5.33. The molecule has 1 rings (SSSR count). The summed E-state index contributed by atoms with van der Waals surface area (Å²) in [4.78, 5) is 10.8. The average Bonchev–Trinajstić information content (AvgIpc) is 2.01. The van der Waals surface area contributed by atoms with E-state index in [1.807, 2.05) is 0 Å². The van der Waals surface area contributed by atoms with E-state index in [9.17, 15) is 4.79 Å². The second-order valence-corrected chi connectivity index (χ2v) is 2.42. The molecule has 0 saturated carbocycles. The third-order valence-corrected chi connectivity index (χ3v) is 1.51. The Morgan fingerprint density at radius 1 is 1.64 bits per heavy atom. The fourth-order valence-corrected chi connectivity index (χ4v) is 1.01. The van der Waals surface area contributed by atoms with E-state index in [1.54, 1.807) is 6.08 Å². The first-order valence-corrected chi connectivity index (χ1v) is 3.62. The van der Waals surface area contributed by atoms with E-state index in [-0.39, 0.29) is 12.4 Å². The van der Waals surface area contributed by atoms with Crippen LogP contribution in [0, 0.1) is 12.3 Å². The largest absolute Gasteiger partial charge is 0.485 e. The molecular formula is C9H10O2. The quantitative estimate of drug-likeness (QED) is 0.554. The van der Waals surface area contributed by atoms with Gasteiger partial charge in [0.2, 0.25) is 0 Å². The first-order valence-electron chi connectivity index (χ1n) is 3.62. The van der Waals surface area contributed by atoms with E-state index in [0.717, 1.165) is 18.6 Å². The van der Waals surface area contributed by atoms with Gasteiger partial charge in [0.25, 0.3) is 0 Å². The van der Waals surface area contributed by atoms with Gasteiger partial charge in [-0.1, -0.05) is 5.92 Å². The van der Waals surface area contributed by atoms with Crippen LogP contribution in [0.15, 0.2) is 11.8 Å². The molecule has 0 unspecified atom stereocenters. The highest BCUT2D eigenvalue weighted by Gasteiger charge is 2.09. The van der Waals surface area contributed by atoms with Gasteiger partial charge in [-0.15, -0.1) is 6.42 Å². The van der Waals surface area contributed by atoms with Crippen LogP contribution >= 0.6 is 0 Å². The van der Waals surface area contributed by atoms with Crippen molar-refractivity contribution in [1.82, 2.24) is 0 Å². The van der Waals surface area contributed by atoms with Crippen molar-refractivity contribution in [3.63, 3.8) is 0 Å². The molecular weight excluding hydrogens is 140 g/mol. The molecule has 0 amide bonds. The molecule has 0 aromatic heterocycles. The summed E-state index contributed by atoms with van der Waals surface area (Å²) in [5.74, 6) is 3.23. The van der Waals surface area contributed by atoms with Gasteiger partial charge >= 0.3 is 0 Å². The Balaban J connectivity index is 2.44. The summed E-state index contributed by atoms with van der Waals surface area (Å²) in [5.41, 5.74) is 0. The Kier molecular flexibility index (Phi) is 2.74. The predicted octanol–water partition coefficient (Wildman–Crippen LogP) is 1.27. The fraction of sp³-hybridized carbons (Fsp3) is 0.444. The highest BCUT2D eigenvalue weighted by Crippen LogP contribution is 2.15. The minimum Gasteiger partial charge on any atom is -0.485 e. The topological polar surface area (TPSA) is 26.3 Å². The number of terminal acetylenes is 1. The molecule has 0 radical (unpaired) electrons. The van der Waals surface area contributed by atoms with Crippen molar-refractivity contribution >= 4 is 5.78 Å². The summed E-state index contributed by atoms with van der Waals surface area (Å²) < 4.78 is 5.11. The summed E-state index contributed by atoms with van der Waals surface area (Å²) in [6.07, 6.45) is 8.90. The molecule has 0 saturated heterocycles. The smallest absolute Gasteiger partial charge is 0.159 e. The van der Waals surface area contributed by atoms with Crippen LogP contribution in [0.3, 0.4) is 0 Å². The molecule has 0 atom stereocenters. The fourth-order valence-electron chi connectivity index (χ4n) is 1.01. The normalized spacial score (nSPS) is 17.0. The second kappa shape index (κ2) is 3.82. The molecule has 0 aromatic carbocycles. The zero-order valence-electron chi connectivity index (χ0n) is 6.30. The number of ether oxygens (including phenoxy) is 1. The lowest BCUT2D eigenvalue weighted by Gasteiger charge is -2.10. The highest BCUT2D eigenvalue weighted by molar-refractivity contribution is 5.90. The van der Waals surface area contributed by atoms with Crippen LogP contribution in [0.25, 0.3) is 0 Å². The molecule has 0 spiro atoms. The number of carbonyl (C=O) groups excluding carboxylic acids is 1. The molecule has 0 N–H and O–H groups in total. The van der Waals surface area contributed by atoms with Crippen LogP contribution in [-0.4, -0.2) is 12.4 Å². The van der Waals surface area contributed by atoms with Crippen LogP contribution in [0.2, 0.25) is 0 Å². The maximum Gasteiger partial charge on any atom is 0.159 e. The maximum absolute atomic E-state index is 10.8. The SMILES string of the molecule is C#CCOC1=CC(=O)CCC1. The van der Waals surface area contributed by atoms with Gasteiger partial charge in [-0.05, 0) is 6.42 Å². The zero-order chi connectivity index (χ0) is 8.10. The van der Waals surface area contributed by atoms with Crippen molar-refractivity contribution in [1.29, 1.82) is 0 Å². The van der Waals surface area contributed by atoms with Crippen molar-refractivity contribution in [2.45, 2.75) is 19.3 Å². The molecule has 2 nitrogen and oxygen atoms in total. The summed E-state index contributed by atoms with van der Waals surface area (Å²) in [5, 5.41) is 0. The van der Waals surface area contributed by atoms with Crippen molar-refractivity contribution in [3.05, 3.63) is 11.8 Å². The summed E-state index contributed by atoms with van der Waals surface area (Å²) in [6.45, 7) is 0.263. The molecule has 58 valence electrons.